The quantitative estimate of drug-likeness (QED) is 0.487. The van der Waals surface area contributed by atoms with Gasteiger partial charge in [-0.15, -0.1) is 0 Å². The number of amides is 2. The zero-order valence-corrected chi connectivity index (χ0v) is 20.1. The fourth-order valence-electron chi connectivity index (χ4n) is 3.88. The topological polar surface area (TPSA) is 101 Å². The number of anilines is 1. The van der Waals surface area contributed by atoms with E-state index in [9.17, 15) is 26.4 Å². The van der Waals surface area contributed by atoms with Crippen LogP contribution >= 0.6 is 11.6 Å². The Kier molecular flexibility index (Phi) is 8.65. The van der Waals surface area contributed by atoms with Crippen molar-refractivity contribution in [1.82, 2.24) is 9.21 Å². The molecule has 0 bridgehead atoms. The van der Waals surface area contributed by atoms with E-state index in [-0.39, 0.29) is 31.7 Å². The molecule has 8 nitrogen and oxygen atoms in total. The molecular formula is C22H25ClF3N3O5S. The number of carbonyl (C=O) groups excluding carboxylic acids is 1. The molecule has 0 saturated carbocycles. The molecule has 3 rings (SSSR count). The minimum atomic E-state index is -4.57. The van der Waals surface area contributed by atoms with Crippen molar-refractivity contribution in [2.45, 2.75) is 12.2 Å². The van der Waals surface area contributed by atoms with Gasteiger partial charge in [0.25, 0.3) is 0 Å². The summed E-state index contributed by atoms with van der Waals surface area (Å²) in [6.07, 6.45) is -4.57. The van der Waals surface area contributed by atoms with Gasteiger partial charge in [-0.2, -0.15) is 17.5 Å². The van der Waals surface area contributed by atoms with Gasteiger partial charge in [-0.1, -0.05) is 23.7 Å². The lowest BCUT2D eigenvalue weighted by atomic mass is 10.0. The van der Waals surface area contributed by atoms with E-state index in [1.54, 1.807) is 24.3 Å². The lowest BCUT2D eigenvalue weighted by Crippen LogP contribution is -2.41. The van der Waals surface area contributed by atoms with Gasteiger partial charge in [0, 0.05) is 36.9 Å². The summed E-state index contributed by atoms with van der Waals surface area (Å²) in [4.78, 5) is 15.9. The number of hydrogen-bond donors (Lipinski definition) is 2. The second kappa shape index (κ2) is 11.1. The zero-order chi connectivity index (χ0) is 25.8. The van der Waals surface area contributed by atoms with E-state index < -0.39 is 52.8 Å². The number of nitrogens with zero attached hydrogens (tertiary/aromatic N) is 3. The number of halogens is 4. The molecule has 0 aromatic heterocycles. The predicted octanol–water partition coefficient (Wildman–Crippen LogP) is 2.96. The lowest BCUT2D eigenvalue weighted by molar-refractivity contribution is -0.137. The maximum absolute atomic E-state index is 13.3. The second-order valence-electron chi connectivity index (χ2n) is 7.88. The summed E-state index contributed by atoms with van der Waals surface area (Å²) in [5.74, 6) is -0.484. The van der Waals surface area contributed by atoms with Crippen LogP contribution in [-0.2, 0) is 16.2 Å². The molecule has 0 radical (unpaired) electrons. The molecule has 2 amide bonds. The Labute approximate surface area is 206 Å². The monoisotopic (exact) mass is 535 g/mol. The number of benzene rings is 2. The molecule has 1 fully saturated rings. The van der Waals surface area contributed by atoms with Gasteiger partial charge in [0.15, 0.2) is 0 Å². The SMILES string of the molecule is O=C1N(CCS(=O)(=O)N(CCO)CCO)C[C@H](c2cccc(C(F)(F)F)c2)N1c1ccc(Cl)cc1. The van der Waals surface area contributed by atoms with E-state index in [1.165, 1.54) is 21.9 Å². The summed E-state index contributed by atoms with van der Waals surface area (Å²) in [5.41, 5.74) is -0.215. The smallest absolute Gasteiger partial charge is 0.395 e. The van der Waals surface area contributed by atoms with Crippen LogP contribution < -0.4 is 4.90 Å². The standard InChI is InChI=1S/C22H25ClF3N3O5S/c23-18-4-6-19(7-5-18)29-20(16-2-1-3-17(14-16)22(24,25)26)15-27(21(29)32)10-13-35(33,34)28(8-11-30)9-12-31/h1-7,14,20,30-31H,8-13,15H2/t20-/m1/s1. The zero-order valence-electron chi connectivity index (χ0n) is 18.5. The van der Waals surface area contributed by atoms with E-state index in [4.69, 9.17) is 21.8 Å². The van der Waals surface area contributed by atoms with Crippen LogP contribution in [0.1, 0.15) is 17.2 Å². The van der Waals surface area contributed by atoms with Crippen LogP contribution in [0.2, 0.25) is 5.02 Å². The first-order valence-corrected chi connectivity index (χ1v) is 12.7. The van der Waals surface area contributed by atoms with Gasteiger partial charge in [-0.25, -0.2) is 13.2 Å². The van der Waals surface area contributed by atoms with Gasteiger partial charge >= 0.3 is 12.2 Å². The first kappa shape index (κ1) is 27.2. The number of aliphatic hydroxyl groups excluding tert-OH is 2. The van der Waals surface area contributed by atoms with Gasteiger partial charge in [0.05, 0.1) is 30.6 Å². The van der Waals surface area contributed by atoms with Crippen molar-refractivity contribution in [2.75, 3.05) is 50.0 Å². The molecule has 35 heavy (non-hydrogen) atoms. The van der Waals surface area contributed by atoms with Crippen LogP contribution in [0.4, 0.5) is 23.7 Å². The Balaban J connectivity index is 1.91. The molecule has 1 atom stereocenters. The van der Waals surface area contributed by atoms with Gasteiger partial charge < -0.3 is 15.1 Å². The van der Waals surface area contributed by atoms with Crippen LogP contribution in [0.3, 0.4) is 0 Å². The Morgan fingerprint density at radius 1 is 1.06 bits per heavy atom. The minimum Gasteiger partial charge on any atom is -0.395 e. The molecule has 0 spiro atoms. The van der Waals surface area contributed by atoms with E-state index in [2.05, 4.69) is 0 Å². The average molecular weight is 536 g/mol. The highest BCUT2D eigenvalue weighted by Gasteiger charge is 2.41. The Morgan fingerprint density at radius 2 is 1.69 bits per heavy atom. The fraction of sp³-hybridized carbons (Fsp3) is 0.409. The van der Waals surface area contributed by atoms with E-state index in [0.717, 1.165) is 16.4 Å². The fourth-order valence-corrected chi connectivity index (χ4v) is 5.43. The number of alkyl halides is 3. The van der Waals surface area contributed by atoms with Crippen LogP contribution in [0.25, 0.3) is 0 Å². The molecule has 0 unspecified atom stereocenters. The third-order valence-corrected chi connectivity index (χ3v) is 7.70. The lowest BCUT2D eigenvalue weighted by Gasteiger charge is -2.24. The Bertz CT molecular complexity index is 1130. The van der Waals surface area contributed by atoms with Crippen molar-refractivity contribution in [3.05, 3.63) is 64.7 Å². The summed E-state index contributed by atoms with van der Waals surface area (Å²) >= 11 is 5.94. The maximum Gasteiger partial charge on any atom is 0.416 e. The summed E-state index contributed by atoms with van der Waals surface area (Å²) in [5, 5.41) is 18.7. The highest BCUT2D eigenvalue weighted by atomic mass is 35.5. The van der Waals surface area contributed by atoms with Crippen molar-refractivity contribution < 1.29 is 36.6 Å². The van der Waals surface area contributed by atoms with Crippen LogP contribution in [0.15, 0.2) is 48.5 Å². The minimum absolute atomic E-state index is 0.0434. The molecule has 2 N–H and O–H groups in total. The molecule has 0 aliphatic carbocycles. The Morgan fingerprint density at radius 3 is 2.26 bits per heavy atom. The number of sulfonamides is 1. The third-order valence-electron chi connectivity index (χ3n) is 5.60. The summed E-state index contributed by atoms with van der Waals surface area (Å²) in [7, 11) is -3.92. The second-order valence-corrected chi connectivity index (χ2v) is 10.4. The van der Waals surface area contributed by atoms with Gasteiger partial charge in [0.2, 0.25) is 10.0 Å². The number of hydrogen-bond acceptors (Lipinski definition) is 5. The molecule has 1 aliphatic heterocycles. The van der Waals surface area contributed by atoms with Gasteiger partial charge in [-0.3, -0.25) is 4.90 Å². The van der Waals surface area contributed by atoms with Crippen molar-refractivity contribution in [2.24, 2.45) is 0 Å². The number of aliphatic hydroxyl groups is 2. The van der Waals surface area contributed by atoms with Gasteiger partial charge in [0.1, 0.15) is 0 Å². The highest BCUT2D eigenvalue weighted by molar-refractivity contribution is 7.89. The molecule has 13 heteroatoms. The van der Waals surface area contributed by atoms with Crippen LogP contribution in [-0.4, -0.2) is 79.0 Å². The molecule has 1 saturated heterocycles. The number of rotatable bonds is 10. The molecule has 1 heterocycles. The first-order valence-electron chi connectivity index (χ1n) is 10.7. The molecule has 192 valence electrons. The van der Waals surface area contributed by atoms with Crippen LogP contribution in [0, 0.1) is 0 Å². The maximum atomic E-state index is 13.3. The molecule has 2 aromatic carbocycles. The van der Waals surface area contributed by atoms with E-state index in [0.29, 0.717) is 10.7 Å². The summed E-state index contributed by atoms with van der Waals surface area (Å²) < 4.78 is 66.2. The average Bonchev–Trinajstić information content (AvgIpc) is 3.14. The van der Waals surface area contributed by atoms with E-state index >= 15 is 0 Å². The van der Waals surface area contributed by atoms with Crippen molar-refractivity contribution >= 4 is 33.3 Å². The number of carbonyl (C=O) groups is 1. The third kappa shape index (κ3) is 6.44. The Hall–Kier alpha value is -2.38. The molecular weight excluding hydrogens is 511 g/mol. The highest BCUT2D eigenvalue weighted by Crippen LogP contribution is 2.37. The summed E-state index contributed by atoms with van der Waals surface area (Å²) in [6.45, 7) is -1.57. The van der Waals surface area contributed by atoms with Crippen molar-refractivity contribution in [3.8, 4) is 0 Å². The molecule has 1 aliphatic rings. The van der Waals surface area contributed by atoms with Crippen molar-refractivity contribution in [3.63, 3.8) is 0 Å². The van der Waals surface area contributed by atoms with Crippen LogP contribution in [0.5, 0.6) is 0 Å². The van der Waals surface area contributed by atoms with Gasteiger partial charge in [-0.05, 0) is 42.0 Å². The largest absolute Gasteiger partial charge is 0.416 e. The first-order chi connectivity index (χ1) is 16.5. The van der Waals surface area contributed by atoms with Crippen molar-refractivity contribution in [1.29, 1.82) is 0 Å². The molecule has 2 aromatic rings. The summed E-state index contributed by atoms with van der Waals surface area (Å²) in [6, 6.07) is 9.50. The number of urea groups is 1. The normalized spacial score (nSPS) is 17.0. The predicted molar refractivity (Wildman–Crippen MR) is 125 cm³/mol. The van der Waals surface area contributed by atoms with E-state index in [1.807, 2.05) is 0 Å².